The van der Waals surface area contributed by atoms with Crippen LogP contribution >= 0.6 is 0 Å². The maximum absolute atomic E-state index is 12.1. The first-order valence-corrected chi connectivity index (χ1v) is 6.83. The van der Waals surface area contributed by atoms with Crippen LogP contribution in [0.3, 0.4) is 0 Å². The number of carbonyl (C=O) groups is 3. The van der Waals surface area contributed by atoms with Gasteiger partial charge in [-0.1, -0.05) is 44.2 Å². The van der Waals surface area contributed by atoms with Crippen molar-refractivity contribution in [1.29, 1.82) is 0 Å². The lowest BCUT2D eigenvalue weighted by Crippen LogP contribution is -2.46. The molecule has 1 aliphatic heterocycles. The summed E-state index contributed by atoms with van der Waals surface area (Å²) in [6.07, 6.45) is -0.613. The van der Waals surface area contributed by atoms with Gasteiger partial charge in [-0.2, -0.15) is 0 Å². The number of ether oxygens (including phenoxy) is 1. The second-order valence-electron chi connectivity index (χ2n) is 5.26. The average Bonchev–Trinajstić information content (AvgIpc) is 2.87. The molecule has 112 valence electrons. The van der Waals surface area contributed by atoms with Crippen molar-refractivity contribution in [3.8, 4) is 0 Å². The van der Waals surface area contributed by atoms with E-state index in [4.69, 9.17) is 4.74 Å². The zero-order valence-corrected chi connectivity index (χ0v) is 12.0. The number of amides is 2. The first-order valence-electron chi connectivity index (χ1n) is 6.83. The minimum atomic E-state index is -0.646. The predicted octanol–water partition coefficient (Wildman–Crippen LogP) is 1.09. The SMILES string of the molecule is CC(C)C(=O)NNC(=O)[C@@H]1CC(=O)O[C@@H]1c1ccccc1. The molecule has 0 unspecified atom stereocenters. The summed E-state index contributed by atoms with van der Waals surface area (Å²) in [5.74, 6) is -2.02. The number of benzene rings is 1. The molecule has 0 aliphatic carbocycles. The van der Waals surface area contributed by atoms with Gasteiger partial charge in [0.15, 0.2) is 0 Å². The van der Waals surface area contributed by atoms with Gasteiger partial charge in [-0.15, -0.1) is 0 Å². The van der Waals surface area contributed by atoms with Crippen LogP contribution in [0.4, 0.5) is 0 Å². The predicted molar refractivity (Wildman–Crippen MR) is 74.5 cm³/mol. The molecule has 0 radical (unpaired) electrons. The molecule has 1 fully saturated rings. The summed E-state index contributed by atoms with van der Waals surface area (Å²) >= 11 is 0. The molecule has 1 aromatic rings. The highest BCUT2D eigenvalue weighted by Gasteiger charge is 2.40. The molecule has 2 N–H and O–H groups in total. The van der Waals surface area contributed by atoms with Gasteiger partial charge < -0.3 is 4.74 Å². The summed E-state index contributed by atoms with van der Waals surface area (Å²) in [4.78, 5) is 35.1. The smallest absolute Gasteiger partial charge is 0.307 e. The van der Waals surface area contributed by atoms with E-state index in [-0.39, 0.29) is 18.2 Å². The Morgan fingerprint density at radius 3 is 2.48 bits per heavy atom. The summed E-state index contributed by atoms with van der Waals surface area (Å²) in [7, 11) is 0. The van der Waals surface area contributed by atoms with Crippen LogP contribution in [0.25, 0.3) is 0 Å². The molecule has 1 aromatic carbocycles. The van der Waals surface area contributed by atoms with Crippen LogP contribution in [0, 0.1) is 11.8 Å². The number of carbonyl (C=O) groups excluding carboxylic acids is 3. The summed E-state index contributed by atoms with van der Waals surface area (Å²) in [5.41, 5.74) is 5.46. The highest BCUT2D eigenvalue weighted by atomic mass is 16.6. The van der Waals surface area contributed by atoms with E-state index in [9.17, 15) is 14.4 Å². The minimum Gasteiger partial charge on any atom is -0.457 e. The second-order valence-corrected chi connectivity index (χ2v) is 5.26. The average molecular weight is 290 g/mol. The number of rotatable bonds is 3. The summed E-state index contributed by atoms with van der Waals surface area (Å²) < 4.78 is 5.22. The Morgan fingerprint density at radius 1 is 1.19 bits per heavy atom. The van der Waals surface area contributed by atoms with Crippen LogP contribution in [-0.4, -0.2) is 17.8 Å². The zero-order chi connectivity index (χ0) is 15.4. The first kappa shape index (κ1) is 15.0. The van der Waals surface area contributed by atoms with Gasteiger partial charge in [0.1, 0.15) is 6.10 Å². The summed E-state index contributed by atoms with van der Waals surface area (Å²) in [5, 5.41) is 0. The number of hydrazine groups is 1. The largest absolute Gasteiger partial charge is 0.457 e. The summed E-state index contributed by atoms with van der Waals surface area (Å²) in [6.45, 7) is 3.44. The van der Waals surface area contributed by atoms with Gasteiger partial charge >= 0.3 is 5.97 Å². The van der Waals surface area contributed by atoms with E-state index in [2.05, 4.69) is 10.9 Å². The van der Waals surface area contributed by atoms with Crippen molar-refractivity contribution >= 4 is 17.8 Å². The molecule has 21 heavy (non-hydrogen) atoms. The third-order valence-electron chi connectivity index (χ3n) is 3.31. The Balaban J connectivity index is 2.04. The lowest BCUT2D eigenvalue weighted by molar-refractivity contribution is -0.142. The zero-order valence-electron chi connectivity index (χ0n) is 12.0. The molecule has 1 saturated heterocycles. The summed E-state index contributed by atoms with van der Waals surface area (Å²) in [6, 6.07) is 9.08. The Labute approximate surface area is 122 Å². The Bertz CT molecular complexity index is 542. The molecule has 0 spiro atoms. The fourth-order valence-electron chi connectivity index (χ4n) is 2.09. The van der Waals surface area contributed by atoms with Gasteiger partial charge in [-0.05, 0) is 5.56 Å². The van der Waals surface area contributed by atoms with Gasteiger partial charge in [0, 0.05) is 5.92 Å². The number of cyclic esters (lactones) is 1. The second kappa shape index (κ2) is 6.39. The molecular weight excluding hydrogens is 272 g/mol. The van der Waals surface area contributed by atoms with E-state index in [0.29, 0.717) is 0 Å². The normalized spacial score (nSPS) is 21.0. The molecule has 0 aromatic heterocycles. The lowest BCUT2D eigenvalue weighted by atomic mass is 9.95. The minimum absolute atomic E-state index is 0.00292. The molecule has 1 aliphatic rings. The third kappa shape index (κ3) is 3.59. The van der Waals surface area contributed by atoms with Crippen molar-refractivity contribution in [2.45, 2.75) is 26.4 Å². The van der Waals surface area contributed by atoms with Crippen molar-refractivity contribution in [3.63, 3.8) is 0 Å². The lowest BCUT2D eigenvalue weighted by Gasteiger charge is -2.18. The van der Waals surface area contributed by atoms with Crippen molar-refractivity contribution < 1.29 is 19.1 Å². The topological polar surface area (TPSA) is 84.5 Å². The van der Waals surface area contributed by atoms with E-state index in [0.717, 1.165) is 5.56 Å². The van der Waals surface area contributed by atoms with E-state index >= 15 is 0 Å². The molecule has 2 amide bonds. The maximum Gasteiger partial charge on any atom is 0.307 e. The first-order chi connectivity index (χ1) is 9.99. The van der Waals surface area contributed by atoms with Crippen molar-refractivity contribution in [2.24, 2.45) is 11.8 Å². The van der Waals surface area contributed by atoms with Crippen LogP contribution in [0.2, 0.25) is 0 Å². The fraction of sp³-hybridized carbons (Fsp3) is 0.400. The van der Waals surface area contributed by atoms with Crippen molar-refractivity contribution in [3.05, 3.63) is 35.9 Å². The molecule has 0 bridgehead atoms. The highest BCUT2D eigenvalue weighted by molar-refractivity contribution is 5.89. The molecule has 2 atom stereocenters. The molecule has 2 rings (SSSR count). The molecule has 6 nitrogen and oxygen atoms in total. The third-order valence-corrected chi connectivity index (χ3v) is 3.31. The van der Waals surface area contributed by atoms with Crippen LogP contribution in [-0.2, 0) is 19.1 Å². The van der Waals surface area contributed by atoms with Crippen LogP contribution in [0.5, 0.6) is 0 Å². The van der Waals surface area contributed by atoms with Crippen LogP contribution < -0.4 is 10.9 Å². The van der Waals surface area contributed by atoms with E-state index in [1.807, 2.05) is 18.2 Å². The van der Waals surface area contributed by atoms with Gasteiger partial charge in [0.05, 0.1) is 12.3 Å². The van der Waals surface area contributed by atoms with Crippen molar-refractivity contribution in [1.82, 2.24) is 10.9 Å². The highest BCUT2D eigenvalue weighted by Crippen LogP contribution is 2.35. The number of hydrogen-bond acceptors (Lipinski definition) is 4. The Kier molecular flexibility index (Phi) is 4.57. The molecule has 1 heterocycles. The maximum atomic E-state index is 12.1. The Hall–Kier alpha value is -2.37. The number of nitrogens with one attached hydrogen (secondary N) is 2. The molecule has 6 heteroatoms. The molecule has 0 saturated carbocycles. The fourth-order valence-corrected chi connectivity index (χ4v) is 2.09. The monoisotopic (exact) mass is 290 g/mol. The standard InChI is InChI=1S/C15H18N2O4/c1-9(2)14(19)16-17-15(20)11-8-12(18)21-13(11)10-6-4-3-5-7-10/h3-7,9,11,13H,8H2,1-2H3,(H,16,19)(H,17,20)/t11-,13-/m1/s1. The van der Waals surface area contributed by atoms with E-state index in [1.54, 1.807) is 26.0 Å². The number of hydrogen-bond donors (Lipinski definition) is 2. The van der Waals surface area contributed by atoms with E-state index in [1.165, 1.54) is 0 Å². The van der Waals surface area contributed by atoms with Crippen molar-refractivity contribution in [2.75, 3.05) is 0 Å². The Morgan fingerprint density at radius 2 is 1.86 bits per heavy atom. The number of esters is 1. The van der Waals surface area contributed by atoms with Gasteiger partial charge in [-0.3, -0.25) is 25.2 Å². The quantitative estimate of drug-likeness (QED) is 0.645. The van der Waals surface area contributed by atoms with E-state index < -0.39 is 23.9 Å². The van der Waals surface area contributed by atoms with Gasteiger partial charge in [-0.25, -0.2) is 0 Å². The van der Waals surface area contributed by atoms with Crippen LogP contribution in [0.1, 0.15) is 31.9 Å². The van der Waals surface area contributed by atoms with Crippen LogP contribution in [0.15, 0.2) is 30.3 Å². The van der Waals surface area contributed by atoms with Gasteiger partial charge in [0.25, 0.3) is 0 Å². The molecular formula is C15H18N2O4. The van der Waals surface area contributed by atoms with Gasteiger partial charge in [0.2, 0.25) is 11.8 Å².